The second kappa shape index (κ2) is 5.16. The first kappa shape index (κ1) is 13.5. The molecule has 0 fully saturated rings. The third kappa shape index (κ3) is 2.24. The molecule has 2 aromatic rings. The molecule has 1 aliphatic rings. The first-order valence-electron chi connectivity index (χ1n) is 6.82. The van der Waals surface area contributed by atoms with Crippen LogP contribution in [0, 0.1) is 5.82 Å². The number of anilines is 4. The van der Waals surface area contributed by atoms with E-state index in [1.54, 1.807) is 6.07 Å². The fraction of sp³-hybridized carbons (Fsp3) is 0.250. The van der Waals surface area contributed by atoms with Gasteiger partial charge in [-0.2, -0.15) is 0 Å². The summed E-state index contributed by atoms with van der Waals surface area (Å²) in [6, 6.07) is 10.9. The Balaban J connectivity index is 2.12. The number of halogens is 1. The highest BCUT2D eigenvalue weighted by Gasteiger charge is 2.24. The second-order valence-electron chi connectivity index (χ2n) is 5.11. The molecule has 2 N–H and O–H groups in total. The maximum Gasteiger partial charge on any atom is 0.149 e. The van der Waals surface area contributed by atoms with Gasteiger partial charge in [0.15, 0.2) is 0 Å². The molecule has 0 saturated heterocycles. The molecule has 0 unspecified atom stereocenters. The molecule has 0 spiro atoms. The summed E-state index contributed by atoms with van der Waals surface area (Å²) in [5.41, 5.74) is 8.62. The van der Waals surface area contributed by atoms with E-state index in [-0.39, 0.29) is 5.82 Å². The average molecular weight is 287 g/mol. The van der Waals surface area contributed by atoms with Gasteiger partial charge in [-0.1, -0.05) is 12.1 Å². The van der Waals surface area contributed by atoms with Crippen molar-refractivity contribution in [3.8, 4) is 5.75 Å². The minimum Gasteiger partial charge on any atom is -0.495 e. The molecular weight excluding hydrogens is 269 g/mol. The number of likely N-dealkylation sites (N-methyl/N-ethyl adjacent to an activating group) is 1. The Morgan fingerprint density at radius 1 is 1.10 bits per heavy atom. The summed E-state index contributed by atoms with van der Waals surface area (Å²) in [4.78, 5) is 4.13. The van der Waals surface area contributed by atoms with E-state index in [4.69, 9.17) is 10.5 Å². The summed E-state index contributed by atoms with van der Waals surface area (Å²) >= 11 is 0. The van der Waals surface area contributed by atoms with Crippen molar-refractivity contribution in [2.24, 2.45) is 0 Å². The number of nitrogens with zero attached hydrogens (tertiary/aromatic N) is 2. The third-order valence-electron chi connectivity index (χ3n) is 3.83. The number of nitrogen functional groups attached to an aromatic ring is 1. The van der Waals surface area contributed by atoms with Gasteiger partial charge in [0, 0.05) is 32.3 Å². The molecule has 1 heterocycles. The van der Waals surface area contributed by atoms with Gasteiger partial charge < -0.3 is 20.3 Å². The van der Waals surface area contributed by atoms with Crippen molar-refractivity contribution in [3.63, 3.8) is 0 Å². The number of methoxy groups -OCH3 is 1. The lowest BCUT2D eigenvalue weighted by atomic mass is 10.1. The predicted molar refractivity (Wildman–Crippen MR) is 84.1 cm³/mol. The second-order valence-corrected chi connectivity index (χ2v) is 5.11. The zero-order chi connectivity index (χ0) is 15.0. The largest absolute Gasteiger partial charge is 0.495 e. The normalized spacial score (nSPS) is 14.0. The van der Waals surface area contributed by atoms with Crippen molar-refractivity contribution in [3.05, 3.63) is 42.2 Å². The highest BCUT2D eigenvalue weighted by molar-refractivity contribution is 5.80. The number of rotatable bonds is 2. The Morgan fingerprint density at radius 2 is 1.81 bits per heavy atom. The molecule has 0 aliphatic carbocycles. The van der Waals surface area contributed by atoms with Crippen LogP contribution in [0.4, 0.5) is 27.1 Å². The van der Waals surface area contributed by atoms with Crippen LogP contribution >= 0.6 is 0 Å². The Labute approximate surface area is 123 Å². The lowest BCUT2D eigenvalue weighted by Crippen LogP contribution is -2.36. The Morgan fingerprint density at radius 3 is 2.52 bits per heavy atom. The summed E-state index contributed by atoms with van der Waals surface area (Å²) in [7, 11) is 3.57. The smallest absolute Gasteiger partial charge is 0.149 e. The van der Waals surface area contributed by atoms with Gasteiger partial charge in [-0.15, -0.1) is 0 Å². The van der Waals surface area contributed by atoms with E-state index in [0.717, 1.165) is 17.9 Å². The monoisotopic (exact) mass is 287 g/mol. The van der Waals surface area contributed by atoms with E-state index in [1.165, 1.54) is 13.2 Å². The molecule has 0 saturated carbocycles. The third-order valence-corrected chi connectivity index (χ3v) is 3.83. The van der Waals surface area contributed by atoms with Crippen molar-refractivity contribution in [1.82, 2.24) is 0 Å². The summed E-state index contributed by atoms with van der Waals surface area (Å²) in [5.74, 6) is 0.149. The van der Waals surface area contributed by atoms with E-state index in [1.807, 2.05) is 36.2 Å². The number of nitrogens with two attached hydrogens (primary N) is 1. The minimum absolute atomic E-state index is 0.307. The average Bonchev–Trinajstić information content (AvgIpc) is 2.49. The Bertz CT molecular complexity index is 675. The van der Waals surface area contributed by atoms with Crippen molar-refractivity contribution >= 4 is 22.7 Å². The summed E-state index contributed by atoms with van der Waals surface area (Å²) < 4.78 is 19.6. The van der Waals surface area contributed by atoms with Crippen molar-refractivity contribution in [2.45, 2.75) is 0 Å². The van der Waals surface area contributed by atoms with Gasteiger partial charge in [0.2, 0.25) is 0 Å². The molecule has 110 valence electrons. The van der Waals surface area contributed by atoms with E-state index >= 15 is 0 Å². The first-order chi connectivity index (χ1) is 10.1. The molecule has 3 rings (SSSR count). The highest BCUT2D eigenvalue weighted by Crippen LogP contribution is 2.40. The number of fused-ring (bicyclic) bond motifs is 1. The van der Waals surface area contributed by atoms with E-state index in [2.05, 4.69) is 4.90 Å². The van der Waals surface area contributed by atoms with Crippen LogP contribution in [0.5, 0.6) is 5.75 Å². The Hall–Kier alpha value is -2.43. The molecule has 0 atom stereocenters. The lowest BCUT2D eigenvalue weighted by molar-refractivity contribution is 0.416. The van der Waals surface area contributed by atoms with Crippen LogP contribution in [0.15, 0.2) is 36.4 Å². The minimum atomic E-state index is -0.340. The van der Waals surface area contributed by atoms with Crippen LogP contribution in [-0.2, 0) is 0 Å². The molecule has 2 aromatic carbocycles. The lowest BCUT2D eigenvalue weighted by Gasteiger charge is -2.37. The van der Waals surface area contributed by atoms with Gasteiger partial charge in [-0.25, -0.2) is 4.39 Å². The summed E-state index contributed by atoms with van der Waals surface area (Å²) in [5, 5.41) is 0. The maximum atomic E-state index is 14.4. The molecule has 0 radical (unpaired) electrons. The quantitative estimate of drug-likeness (QED) is 0.862. The molecule has 0 bridgehead atoms. The number of hydrogen-bond acceptors (Lipinski definition) is 4. The van der Waals surface area contributed by atoms with E-state index in [9.17, 15) is 4.39 Å². The van der Waals surface area contributed by atoms with Crippen LogP contribution < -0.4 is 20.3 Å². The molecule has 0 amide bonds. The molecule has 0 aromatic heterocycles. The fourth-order valence-corrected chi connectivity index (χ4v) is 2.70. The zero-order valence-corrected chi connectivity index (χ0v) is 12.1. The van der Waals surface area contributed by atoms with E-state index < -0.39 is 0 Å². The van der Waals surface area contributed by atoms with E-state index in [0.29, 0.717) is 23.7 Å². The van der Waals surface area contributed by atoms with Crippen LogP contribution in [-0.4, -0.2) is 27.2 Å². The van der Waals surface area contributed by atoms with Crippen LogP contribution in [0.25, 0.3) is 0 Å². The maximum absolute atomic E-state index is 14.4. The molecule has 4 nitrogen and oxygen atoms in total. The summed E-state index contributed by atoms with van der Waals surface area (Å²) in [6.07, 6.45) is 0. The fourth-order valence-electron chi connectivity index (χ4n) is 2.70. The van der Waals surface area contributed by atoms with Gasteiger partial charge in [0.05, 0.1) is 29.9 Å². The van der Waals surface area contributed by atoms with Gasteiger partial charge >= 0.3 is 0 Å². The number of ether oxygens (including phenoxy) is 1. The van der Waals surface area contributed by atoms with Crippen LogP contribution in [0.1, 0.15) is 0 Å². The van der Waals surface area contributed by atoms with Crippen LogP contribution in [0.3, 0.4) is 0 Å². The Kier molecular flexibility index (Phi) is 3.33. The molecule has 21 heavy (non-hydrogen) atoms. The zero-order valence-electron chi connectivity index (χ0n) is 12.1. The van der Waals surface area contributed by atoms with Crippen molar-refractivity contribution in [1.29, 1.82) is 0 Å². The highest BCUT2D eigenvalue weighted by atomic mass is 19.1. The van der Waals surface area contributed by atoms with Gasteiger partial charge in [0.1, 0.15) is 11.6 Å². The first-order valence-corrected chi connectivity index (χ1v) is 6.82. The SMILES string of the molecule is COc1cc(N2CCN(C)c3ccccc32)c(F)cc1N. The standard InChI is InChI=1S/C16H18FN3O/c1-19-7-8-20(14-6-4-3-5-13(14)19)15-10-16(21-2)12(18)9-11(15)17/h3-6,9-10H,7-8,18H2,1-2H3. The number of hydrogen-bond donors (Lipinski definition) is 1. The molecule has 1 aliphatic heterocycles. The van der Waals surface area contributed by atoms with Crippen LogP contribution in [0.2, 0.25) is 0 Å². The number of para-hydroxylation sites is 2. The number of benzene rings is 2. The van der Waals surface area contributed by atoms with Crippen molar-refractivity contribution in [2.75, 3.05) is 42.8 Å². The summed E-state index contributed by atoms with van der Waals surface area (Å²) in [6.45, 7) is 1.53. The van der Waals surface area contributed by atoms with Crippen molar-refractivity contribution < 1.29 is 9.13 Å². The topological polar surface area (TPSA) is 41.7 Å². The van der Waals surface area contributed by atoms with Gasteiger partial charge in [-0.05, 0) is 12.1 Å². The molecular formula is C16H18FN3O. The molecule has 5 heteroatoms. The van der Waals surface area contributed by atoms with Gasteiger partial charge in [0.25, 0.3) is 0 Å². The van der Waals surface area contributed by atoms with Gasteiger partial charge in [-0.3, -0.25) is 0 Å². The predicted octanol–water partition coefficient (Wildman–Crippen LogP) is 3.00.